The van der Waals surface area contributed by atoms with Crippen LogP contribution in [0.25, 0.3) is 16.9 Å². The number of para-hydroxylation sites is 1. The van der Waals surface area contributed by atoms with Crippen molar-refractivity contribution in [2.75, 3.05) is 24.7 Å². The molecule has 2 aromatic carbocycles. The number of nitrogen functional groups attached to an aromatic ring is 1. The van der Waals surface area contributed by atoms with Crippen LogP contribution in [-0.2, 0) is 0 Å². The average Bonchev–Trinajstić information content (AvgIpc) is 2.89. The normalized spacial score (nSPS) is 10.7. The maximum atomic E-state index is 6.26. The summed E-state index contributed by atoms with van der Waals surface area (Å²) in [7, 11) is 4.02. The number of benzene rings is 2. The molecule has 3 aromatic rings. The molecule has 1 aromatic heterocycles. The summed E-state index contributed by atoms with van der Waals surface area (Å²) in [5.74, 6) is 0.548. The van der Waals surface area contributed by atoms with Gasteiger partial charge < -0.3 is 10.6 Å². The van der Waals surface area contributed by atoms with Crippen molar-refractivity contribution in [3.8, 4) is 16.9 Å². The van der Waals surface area contributed by atoms with Crippen molar-refractivity contribution in [2.45, 2.75) is 6.92 Å². The van der Waals surface area contributed by atoms with Crippen molar-refractivity contribution >= 4 is 11.5 Å². The summed E-state index contributed by atoms with van der Waals surface area (Å²) in [6, 6.07) is 16.1. The zero-order valence-electron chi connectivity index (χ0n) is 13.0. The predicted molar refractivity (Wildman–Crippen MR) is 90.3 cm³/mol. The van der Waals surface area contributed by atoms with Crippen molar-refractivity contribution in [1.29, 1.82) is 0 Å². The largest absolute Gasteiger partial charge is 0.382 e. The Morgan fingerprint density at radius 3 is 2.32 bits per heavy atom. The summed E-state index contributed by atoms with van der Waals surface area (Å²) in [5.41, 5.74) is 11.1. The summed E-state index contributed by atoms with van der Waals surface area (Å²) < 4.78 is 1.69. The molecule has 0 fully saturated rings. The first-order chi connectivity index (χ1) is 10.6. The van der Waals surface area contributed by atoms with E-state index in [1.807, 2.05) is 69.6 Å². The summed E-state index contributed by atoms with van der Waals surface area (Å²) >= 11 is 0. The molecular weight excluding hydrogens is 274 g/mol. The molecule has 0 bridgehead atoms. The molecule has 0 aliphatic rings. The van der Waals surface area contributed by atoms with Gasteiger partial charge in [-0.3, -0.25) is 0 Å². The zero-order chi connectivity index (χ0) is 15.7. The highest BCUT2D eigenvalue weighted by atomic mass is 15.5. The summed E-state index contributed by atoms with van der Waals surface area (Å²) in [5, 5.41) is 8.46. The van der Waals surface area contributed by atoms with Gasteiger partial charge in [0.25, 0.3) is 0 Å². The van der Waals surface area contributed by atoms with Crippen molar-refractivity contribution in [2.24, 2.45) is 0 Å². The van der Waals surface area contributed by atoms with Crippen LogP contribution in [-0.4, -0.2) is 29.1 Å². The van der Waals surface area contributed by atoms with Crippen LogP contribution in [0.4, 0.5) is 11.5 Å². The number of rotatable bonds is 3. The number of anilines is 2. The summed E-state index contributed by atoms with van der Waals surface area (Å²) in [6.45, 7) is 2.03. The SMILES string of the molecule is Cc1ccccc1-n1nnc(-c2ccc(N(C)C)cc2)c1N. The third-order valence-corrected chi connectivity index (χ3v) is 3.71. The van der Waals surface area contributed by atoms with Gasteiger partial charge in [-0.1, -0.05) is 35.5 Å². The maximum absolute atomic E-state index is 6.26. The lowest BCUT2D eigenvalue weighted by molar-refractivity contribution is 0.806. The Kier molecular flexibility index (Phi) is 3.55. The molecular formula is C17H19N5. The fourth-order valence-electron chi connectivity index (χ4n) is 2.39. The van der Waals surface area contributed by atoms with Gasteiger partial charge in [0.1, 0.15) is 5.69 Å². The molecule has 0 saturated carbocycles. The molecule has 5 heteroatoms. The van der Waals surface area contributed by atoms with Gasteiger partial charge in [-0.25, -0.2) is 0 Å². The summed E-state index contributed by atoms with van der Waals surface area (Å²) in [4.78, 5) is 2.05. The lowest BCUT2D eigenvalue weighted by atomic mass is 10.1. The van der Waals surface area contributed by atoms with Crippen LogP contribution in [0.2, 0.25) is 0 Å². The quantitative estimate of drug-likeness (QED) is 0.806. The third-order valence-electron chi connectivity index (χ3n) is 3.71. The van der Waals surface area contributed by atoms with Gasteiger partial charge in [0.05, 0.1) is 5.69 Å². The van der Waals surface area contributed by atoms with Gasteiger partial charge in [-0.05, 0) is 30.7 Å². The molecule has 0 aliphatic heterocycles. The minimum atomic E-state index is 0.548. The highest BCUT2D eigenvalue weighted by molar-refractivity contribution is 5.72. The number of aryl methyl sites for hydroxylation is 1. The van der Waals surface area contributed by atoms with E-state index in [1.165, 1.54) is 0 Å². The van der Waals surface area contributed by atoms with Crippen LogP contribution in [0, 0.1) is 6.92 Å². The van der Waals surface area contributed by atoms with Crippen LogP contribution in [0.1, 0.15) is 5.56 Å². The van der Waals surface area contributed by atoms with Crippen molar-refractivity contribution in [1.82, 2.24) is 15.0 Å². The zero-order valence-corrected chi connectivity index (χ0v) is 13.0. The second-order valence-corrected chi connectivity index (χ2v) is 5.46. The molecule has 0 saturated heterocycles. The second kappa shape index (κ2) is 5.52. The molecule has 0 atom stereocenters. The Morgan fingerprint density at radius 1 is 1.00 bits per heavy atom. The van der Waals surface area contributed by atoms with E-state index in [4.69, 9.17) is 5.73 Å². The monoisotopic (exact) mass is 293 g/mol. The standard InChI is InChI=1S/C17H19N5/c1-12-6-4-5-7-15(12)22-17(18)16(19-20-22)13-8-10-14(11-9-13)21(2)3/h4-11H,18H2,1-3H3. The van der Waals surface area contributed by atoms with Crippen molar-refractivity contribution in [3.63, 3.8) is 0 Å². The Labute approximate surface area is 130 Å². The molecule has 5 nitrogen and oxygen atoms in total. The fourth-order valence-corrected chi connectivity index (χ4v) is 2.39. The Bertz CT molecular complexity index is 787. The topological polar surface area (TPSA) is 60.0 Å². The van der Waals surface area contributed by atoms with E-state index in [2.05, 4.69) is 15.2 Å². The number of hydrogen-bond acceptors (Lipinski definition) is 4. The minimum absolute atomic E-state index is 0.548. The number of nitrogens with zero attached hydrogens (tertiary/aromatic N) is 4. The van der Waals surface area contributed by atoms with E-state index in [0.717, 1.165) is 22.5 Å². The van der Waals surface area contributed by atoms with E-state index >= 15 is 0 Å². The first-order valence-electron chi connectivity index (χ1n) is 7.13. The number of hydrogen-bond donors (Lipinski definition) is 1. The van der Waals surface area contributed by atoms with E-state index in [0.29, 0.717) is 11.5 Å². The molecule has 0 amide bonds. The number of nitrogens with two attached hydrogens (primary N) is 1. The first kappa shape index (κ1) is 14.1. The van der Waals surface area contributed by atoms with Gasteiger partial charge in [0, 0.05) is 25.3 Å². The van der Waals surface area contributed by atoms with Crippen LogP contribution >= 0.6 is 0 Å². The van der Waals surface area contributed by atoms with Gasteiger partial charge in [-0.2, -0.15) is 4.68 Å². The predicted octanol–water partition coefficient (Wildman–Crippen LogP) is 2.89. The van der Waals surface area contributed by atoms with Crippen LogP contribution < -0.4 is 10.6 Å². The van der Waals surface area contributed by atoms with Gasteiger partial charge in [0.15, 0.2) is 5.82 Å². The van der Waals surface area contributed by atoms with Crippen LogP contribution in [0.5, 0.6) is 0 Å². The van der Waals surface area contributed by atoms with Crippen molar-refractivity contribution < 1.29 is 0 Å². The molecule has 0 radical (unpaired) electrons. The minimum Gasteiger partial charge on any atom is -0.382 e. The van der Waals surface area contributed by atoms with Crippen LogP contribution in [0.15, 0.2) is 48.5 Å². The first-order valence-corrected chi connectivity index (χ1v) is 7.13. The molecule has 0 aliphatic carbocycles. The van der Waals surface area contributed by atoms with E-state index in [-0.39, 0.29) is 0 Å². The lowest BCUT2D eigenvalue weighted by Gasteiger charge is -2.12. The van der Waals surface area contributed by atoms with E-state index in [1.54, 1.807) is 4.68 Å². The molecule has 3 rings (SSSR count). The highest BCUT2D eigenvalue weighted by Gasteiger charge is 2.14. The lowest BCUT2D eigenvalue weighted by Crippen LogP contribution is -2.08. The molecule has 112 valence electrons. The van der Waals surface area contributed by atoms with E-state index in [9.17, 15) is 0 Å². The molecule has 0 spiro atoms. The maximum Gasteiger partial charge on any atom is 0.155 e. The average molecular weight is 293 g/mol. The van der Waals surface area contributed by atoms with Crippen molar-refractivity contribution in [3.05, 3.63) is 54.1 Å². The molecule has 1 heterocycles. The molecule has 22 heavy (non-hydrogen) atoms. The van der Waals surface area contributed by atoms with Crippen LogP contribution in [0.3, 0.4) is 0 Å². The molecule has 2 N–H and O–H groups in total. The summed E-state index contributed by atoms with van der Waals surface area (Å²) in [6.07, 6.45) is 0. The van der Waals surface area contributed by atoms with Gasteiger partial charge in [-0.15, -0.1) is 5.10 Å². The fraction of sp³-hybridized carbons (Fsp3) is 0.176. The Balaban J connectivity index is 2.02. The van der Waals surface area contributed by atoms with Gasteiger partial charge in [0.2, 0.25) is 0 Å². The highest BCUT2D eigenvalue weighted by Crippen LogP contribution is 2.27. The van der Waals surface area contributed by atoms with E-state index < -0.39 is 0 Å². The molecule has 0 unspecified atom stereocenters. The third kappa shape index (κ3) is 2.41. The Hall–Kier alpha value is -2.82. The number of aromatic nitrogens is 3. The Morgan fingerprint density at radius 2 is 1.68 bits per heavy atom. The van der Waals surface area contributed by atoms with Gasteiger partial charge >= 0.3 is 0 Å². The second-order valence-electron chi connectivity index (χ2n) is 5.46. The smallest absolute Gasteiger partial charge is 0.155 e.